The minimum Gasteiger partial charge on any atom is -0.481 e. The van der Waals surface area contributed by atoms with Crippen LogP contribution in [0.4, 0.5) is 8.78 Å². The van der Waals surface area contributed by atoms with E-state index in [9.17, 15) is 18.4 Å². The highest BCUT2D eigenvalue weighted by Crippen LogP contribution is 2.19. The average Bonchev–Trinajstić information content (AvgIpc) is 2.12. The van der Waals surface area contributed by atoms with Crippen LogP contribution in [-0.4, -0.2) is 30.0 Å². The summed E-state index contributed by atoms with van der Waals surface area (Å²) in [4.78, 5) is 21.2. The molecule has 0 spiro atoms. The van der Waals surface area contributed by atoms with Crippen molar-refractivity contribution >= 4 is 11.9 Å². The van der Waals surface area contributed by atoms with Crippen molar-refractivity contribution in [2.24, 2.45) is 5.41 Å². The van der Waals surface area contributed by atoms with Crippen molar-refractivity contribution < 1.29 is 23.5 Å². The van der Waals surface area contributed by atoms with E-state index in [2.05, 4.69) is 0 Å². The number of carboxylic acids is 1. The lowest BCUT2D eigenvalue weighted by molar-refractivity contribution is -0.148. The van der Waals surface area contributed by atoms with Gasteiger partial charge in [0, 0.05) is 6.54 Å². The number of hydrogen-bond donors (Lipinski definition) is 2. The molecule has 0 rings (SSSR count). The van der Waals surface area contributed by atoms with Crippen LogP contribution in [-0.2, 0) is 9.59 Å². The predicted molar refractivity (Wildman–Crippen MR) is 45.0 cm³/mol. The summed E-state index contributed by atoms with van der Waals surface area (Å²) < 4.78 is 23.5. The van der Waals surface area contributed by atoms with Crippen molar-refractivity contribution in [2.75, 3.05) is 6.54 Å². The molecule has 0 bridgehead atoms. The Balaban J connectivity index is 4.22. The van der Waals surface area contributed by atoms with Gasteiger partial charge in [0.1, 0.15) is 0 Å². The molecule has 2 N–H and O–H groups in total. The molecule has 0 radical (unpaired) electrons. The first-order valence-corrected chi connectivity index (χ1v) is 4.12. The summed E-state index contributed by atoms with van der Waals surface area (Å²) in [6.45, 7) is 2.71. The van der Waals surface area contributed by atoms with E-state index in [4.69, 9.17) is 5.11 Å². The fourth-order valence-electron chi connectivity index (χ4n) is 0.711. The van der Waals surface area contributed by atoms with E-state index >= 15 is 0 Å². The van der Waals surface area contributed by atoms with Crippen LogP contribution >= 0.6 is 0 Å². The molecule has 0 fully saturated rings. The van der Waals surface area contributed by atoms with Gasteiger partial charge in [-0.2, -0.15) is 8.78 Å². The number of carboxylic acid groups (broad SMARTS) is 1. The smallest absolute Gasteiger partial charge is 0.315 e. The van der Waals surface area contributed by atoms with Crippen LogP contribution in [0.25, 0.3) is 0 Å². The molecule has 0 aromatic rings. The van der Waals surface area contributed by atoms with Crippen molar-refractivity contribution in [3.05, 3.63) is 0 Å². The van der Waals surface area contributed by atoms with Crippen LogP contribution in [0.3, 0.4) is 0 Å². The minimum atomic E-state index is -3.11. The Morgan fingerprint density at radius 3 is 2.29 bits per heavy atom. The zero-order valence-electron chi connectivity index (χ0n) is 8.01. The minimum absolute atomic E-state index is 0.256. The first-order valence-electron chi connectivity index (χ1n) is 4.12. The van der Waals surface area contributed by atoms with Gasteiger partial charge >= 0.3 is 12.4 Å². The molecule has 6 heteroatoms. The van der Waals surface area contributed by atoms with Gasteiger partial charge in [-0.1, -0.05) is 6.92 Å². The molecule has 0 heterocycles. The van der Waals surface area contributed by atoms with Crippen molar-refractivity contribution in [3.8, 4) is 0 Å². The van der Waals surface area contributed by atoms with E-state index < -0.39 is 23.7 Å². The predicted octanol–water partition coefficient (Wildman–Crippen LogP) is 0.869. The molecule has 4 nitrogen and oxygen atoms in total. The highest BCUT2D eigenvalue weighted by Gasteiger charge is 2.32. The third-order valence-electron chi connectivity index (χ3n) is 2.15. The molecular weight excluding hydrogens is 196 g/mol. The Morgan fingerprint density at radius 2 is 2.00 bits per heavy atom. The van der Waals surface area contributed by atoms with Gasteiger partial charge in [-0.25, -0.2) is 0 Å². The fraction of sp³-hybridized carbons (Fsp3) is 0.750. The summed E-state index contributed by atoms with van der Waals surface area (Å²) >= 11 is 0. The first-order chi connectivity index (χ1) is 6.33. The van der Waals surface area contributed by atoms with E-state index in [1.165, 1.54) is 6.92 Å². The highest BCUT2D eigenvalue weighted by atomic mass is 19.3. The lowest BCUT2D eigenvalue weighted by Gasteiger charge is -2.22. The van der Waals surface area contributed by atoms with E-state index in [0.29, 0.717) is 0 Å². The van der Waals surface area contributed by atoms with Gasteiger partial charge in [0.2, 0.25) is 0 Å². The Morgan fingerprint density at radius 1 is 1.50 bits per heavy atom. The van der Waals surface area contributed by atoms with Crippen molar-refractivity contribution in [2.45, 2.75) is 26.7 Å². The molecule has 0 aliphatic heterocycles. The number of rotatable bonds is 5. The summed E-state index contributed by atoms with van der Waals surface area (Å²) in [5, 5.41) is 10.6. The maximum atomic E-state index is 11.7. The Labute approximate surface area is 80.3 Å². The molecule has 1 amide bonds. The van der Waals surface area contributed by atoms with Gasteiger partial charge < -0.3 is 10.4 Å². The number of amides is 1. The third-order valence-corrected chi connectivity index (χ3v) is 2.15. The van der Waals surface area contributed by atoms with Crippen molar-refractivity contribution in [3.63, 3.8) is 0 Å². The van der Waals surface area contributed by atoms with E-state index in [1.54, 1.807) is 6.92 Å². The molecule has 0 saturated heterocycles. The van der Waals surface area contributed by atoms with Crippen LogP contribution in [0.15, 0.2) is 0 Å². The normalized spacial score (nSPS) is 14.9. The Bertz CT molecular complexity index is 233. The molecule has 0 aliphatic carbocycles. The number of carbonyl (C=O) groups excluding carboxylic acids is 1. The Hall–Kier alpha value is -1.20. The highest BCUT2D eigenvalue weighted by molar-refractivity contribution is 5.80. The summed E-state index contributed by atoms with van der Waals surface area (Å²) in [5.74, 6) is -2.56. The molecule has 1 unspecified atom stereocenters. The van der Waals surface area contributed by atoms with Gasteiger partial charge in [-0.15, -0.1) is 0 Å². The molecule has 0 aromatic carbocycles. The second-order valence-electron chi connectivity index (χ2n) is 3.24. The lowest BCUT2D eigenvalue weighted by atomic mass is 9.88. The Kier molecular flexibility index (Phi) is 4.46. The summed E-state index contributed by atoms with van der Waals surface area (Å²) in [6, 6.07) is 0. The van der Waals surface area contributed by atoms with Crippen LogP contribution < -0.4 is 5.32 Å². The van der Waals surface area contributed by atoms with Crippen molar-refractivity contribution in [1.82, 2.24) is 5.32 Å². The average molecular weight is 209 g/mol. The van der Waals surface area contributed by atoms with Gasteiger partial charge in [0.25, 0.3) is 5.91 Å². The van der Waals surface area contributed by atoms with Gasteiger partial charge in [0.15, 0.2) is 0 Å². The molecule has 0 aliphatic rings. The lowest BCUT2D eigenvalue weighted by Crippen LogP contribution is -2.42. The first kappa shape index (κ1) is 12.8. The topological polar surface area (TPSA) is 66.4 Å². The third kappa shape index (κ3) is 3.27. The number of hydrogen-bond acceptors (Lipinski definition) is 2. The van der Waals surface area contributed by atoms with Crippen LogP contribution in [0.2, 0.25) is 0 Å². The maximum absolute atomic E-state index is 11.7. The van der Waals surface area contributed by atoms with E-state index in [-0.39, 0.29) is 13.0 Å². The molecule has 0 saturated carbocycles. The number of aliphatic carboxylic acids is 1. The summed E-state index contributed by atoms with van der Waals surface area (Å²) in [6.07, 6.45) is -2.85. The number of halogens is 2. The quantitative estimate of drug-likeness (QED) is 0.706. The zero-order chi connectivity index (χ0) is 11.4. The van der Waals surface area contributed by atoms with Crippen LogP contribution in [0, 0.1) is 5.41 Å². The molecule has 1 atom stereocenters. The standard InChI is InChI=1S/C8H13F2NO3/c1-3-8(2,7(13)14)4-11-6(12)5(9)10/h5H,3-4H2,1-2H3,(H,11,12)(H,13,14). The van der Waals surface area contributed by atoms with Crippen LogP contribution in [0.5, 0.6) is 0 Å². The zero-order valence-corrected chi connectivity index (χ0v) is 8.01. The van der Waals surface area contributed by atoms with E-state index in [1.807, 2.05) is 5.32 Å². The summed E-state index contributed by atoms with van der Waals surface area (Å²) in [7, 11) is 0. The second-order valence-corrected chi connectivity index (χ2v) is 3.24. The number of nitrogens with one attached hydrogen (secondary N) is 1. The molecular formula is C8H13F2NO3. The van der Waals surface area contributed by atoms with Crippen LogP contribution in [0.1, 0.15) is 20.3 Å². The van der Waals surface area contributed by atoms with Gasteiger partial charge in [-0.05, 0) is 13.3 Å². The van der Waals surface area contributed by atoms with Gasteiger partial charge in [0.05, 0.1) is 5.41 Å². The fourth-order valence-corrected chi connectivity index (χ4v) is 0.711. The second kappa shape index (κ2) is 4.88. The SMILES string of the molecule is CCC(C)(CNC(=O)C(F)F)C(=O)O. The van der Waals surface area contributed by atoms with E-state index in [0.717, 1.165) is 0 Å². The number of carbonyl (C=O) groups is 2. The number of alkyl halides is 2. The maximum Gasteiger partial charge on any atom is 0.315 e. The molecule has 82 valence electrons. The van der Waals surface area contributed by atoms with Crippen molar-refractivity contribution in [1.29, 1.82) is 0 Å². The molecule has 0 aromatic heterocycles. The largest absolute Gasteiger partial charge is 0.481 e. The monoisotopic (exact) mass is 209 g/mol. The van der Waals surface area contributed by atoms with Gasteiger partial charge in [-0.3, -0.25) is 9.59 Å². The summed E-state index contributed by atoms with van der Waals surface area (Å²) in [5.41, 5.74) is -1.19. The molecule has 14 heavy (non-hydrogen) atoms.